The van der Waals surface area contributed by atoms with Crippen molar-refractivity contribution in [3.63, 3.8) is 0 Å². The van der Waals surface area contributed by atoms with E-state index in [1.165, 1.54) is 25.7 Å². The Morgan fingerprint density at radius 1 is 1.40 bits per heavy atom. The van der Waals surface area contributed by atoms with Gasteiger partial charge >= 0.3 is 0 Å². The number of amides is 1. The fourth-order valence-electron chi connectivity index (χ4n) is 2.83. The second-order valence-corrected chi connectivity index (χ2v) is 5.34. The highest BCUT2D eigenvalue weighted by Crippen LogP contribution is 2.31. The Kier molecular flexibility index (Phi) is 5.27. The lowest BCUT2D eigenvalue weighted by atomic mass is 10.0. The summed E-state index contributed by atoms with van der Waals surface area (Å²) >= 11 is 0. The molecule has 1 fully saturated rings. The Morgan fingerprint density at radius 3 is 3.00 bits per heavy atom. The molecule has 1 aromatic rings. The highest BCUT2D eigenvalue weighted by Gasteiger charge is 2.25. The minimum Gasteiger partial charge on any atom is -0.484 e. The topological polar surface area (TPSA) is 50.4 Å². The van der Waals surface area contributed by atoms with E-state index >= 15 is 0 Å². The Balaban J connectivity index is 1.93. The van der Waals surface area contributed by atoms with Crippen molar-refractivity contribution in [3.8, 4) is 5.75 Å². The fourth-order valence-corrected chi connectivity index (χ4v) is 2.83. The van der Waals surface area contributed by atoms with Crippen molar-refractivity contribution >= 4 is 11.6 Å². The van der Waals surface area contributed by atoms with E-state index in [1.54, 1.807) is 7.05 Å². The molecule has 2 atom stereocenters. The Labute approximate surface area is 120 Å². The molecule has 0 radical (unpaired) electrons. The quantitative estimate of drug-likeness (QED) is 0.840. The van der Waals surface area contributed by atoms with Gasteiger partial charge in [-0.2, -0.15) is 0 Å². The van der Waals surface area contributed by atoms with Crippen LogP contribution in [0.15, 0.2) is 24.3 Å². The summed E-state index contributed by atoms with van der Waals surface area (Å²) in [7, 11) is 1.61. The minimum atomic E-state index is -0.120. The number of nitrogens with one attached hydrogen (secondary N) is 2. The monoisotopic (exact) mass is 276 g/mol. The average molecular weight is 276 g/mol. The average Bonchev–Trinajstić information content (AvgIpc) is 2.92. The van der Waals surface area contributed by atoms with Crippen molar-refractivity contribution in [2.45, 2.75) is 38.6 Å². The van der Waals surface area contributed by atoms with E-state index in [-0.39, 0.29) is 12.5 Å². The molecule has 2 N–H and O–H groups in total. The predicted molar refractivity (Wildman–Crippen MR) is 81.0 cm³/mol. The third-order valence-electron chi connectivity index (χ3n) is 4.02. The molecule has 2 unspecified atom stereocenters. The summed E-state index contributed by atoms with van der Waals surface area (Å²) < 4.78 is 5.46. The molecule has 1 amide bonds. The molecule has 1 saturated carbocycles. The fraction of sp³-hybridized carbons (Fsp3) is 0.562. The molecule has 0 bridgehead atoms. The van der Waals surface area contributed by atoms with Crippen molar-refractivity contribution in [2.75, 3.05) is 19.0 Å². The predicted octanol–water partition coefficient (Wildman–Crippen LogP) is 2.80. The summed E-state index contributed by atoms with van der Waals surface area (Å²) in [5.41, 5.74) is 1.07. The SMILES string of the molecule is CCC1CCCC1Nc1cccc(OCC(=O)NC)c1. The second-order valence-electron chi connectivity index (χ2n) is 5.34. The maximum Gasteiger partial charge on any atom is 0.257 e. The van der Waals surface area contributed by atoms with E-state index in [2.05, 4.69) is 23.6 Å². The lowest BCUT2D eigenvalue weighted by Crippen LogP contribution is -2.25. The summed E-state index contributed by atoms with van der Waals surface area (Å²) in [5.74, 6) is 1.38. The largest absolute Gasteiger partial charge is 0.484 e. The van der Waals surface area contributed by atoms with Crippen LogP contribution in [-0.2, 0) is 4.79 Å². The maximum absolute atomic E-state index is 11.2. The molecule has 0 heterocycles. The van der Waals surface area contributed by atoms with Crippen molar-refractivity contribution in [2.24, 2.45) is 5.92 Å². The molecule has 4 nitrogen and oxygen atoms in total. The molecule has 0 aromatic heterocycles. The van der Waals surface area contributed by atoms with Gasteiger partial charge in [-0.25, -0.2) is 0 Å². The standard InChI is InChI=1S/C16H24N2O2/c1-3-12-6-4-9-15(12)18-13-7-5-8-14(10-13)20-11-16(19)17-2/h5,7-8,10,12,15,18H,3-4,6,9,11H2,1-2H3,(H,17,19). The molecule has 1 aliphatic rings. The van der Waals surface area contributed by atoms with Gasteiger partial charge in [0.2, 0.25) is 0 Å². The van der Waals surface area contributed by atoms with Gasteiger partial charge in [0.15, 0.2) is 6.61 Å². The second kappa shape index (κ2) is 7.17. The molecule has 0 aliphatic heterocycles. The Morgan fingerprint density at radius 2 is 2.25 bits per heavy atom. The molecule has 20 heavy (non-hydrogen) atoms. The number of anilines is 1. The van der Waals surface area contributed by atoms with Crippen LogP contribution in [0.1, 0.15) is 32.6 Å². The lowest BCUT2D eigenvalue weighted by molar-refractivity contribution is -0.122. The molecule has 4 heteroatoms. The van der Waals surface area contributed by atoms with Crippen LogP contribution in [0.5, 0.6) is 5.75 Å². The van der Waals surface area contributed by atoms with Gasteiger partial charge in [-0.1, -0.05) is 25.8 Å². The van der Waals surface area contributed by atoms with Crippen LogP contribution in [0.4, 0.5) is 5.69 Å². The molecule has 110 valence electrons. The van der Waals surface area contributed by atoms with E-state index < -0.39 is 0 Å². The first-order valence-electron chi connectivity index (χ1n) is 7.43. The molecule has 1 aliphatic carbocycles. The highest BCUT2D eigenvalue weighted by atomic mass is 16.5. The van der Waals surface area contributed by atoms with E-state index in [1.807, 2.05) is 18.2 Å². The maximum atomic E-state index is 11.2. The van der Waals surface area contributed by atoms with Gasteiger partial charge in [0.05, 0.1) is 0 Å². The number of rotatable bonds is 6. The van der Waals surface area contributed by atoms with Crippen molar-refractivity contribution in [1.29, 1.82) is 0 Å². The van der Waals surface area contributed by atoms with Crippen LogP contribution < -0.4 is 15.4 Å². The number of hydrogen-bond acceptors (Lipinski definition) is 3. The van der Waals surface area contributed by atoms with Crippen LogP contribution in [-0.4, -0.2) is 25.6 Å². The van der Waals surface area contributed by atoms with Gasteiger partial charge in [-0.3, -0.25) is 4.79 Å². The summed E-state index contributed by atoms with van der Waals surface area (Å²) in [6.07, 6.45) is 5.09. The molecule has 0 spiro atoms. The molecular weight excluding hydrogens is 252 g/mol. The minimum absolute atomic E-state index is 0.0565. The van der Waals surface area contributed by atoms with E-state index in [0.29, 0.717) is 6.04 Å². The van der Waals surface area contributed by atoms with Gasteiger partial charge in [0, 0.05) is 24.8 Å². The lowest BCUT2D eigenvalue weighted by Gasteiger charge is -2.21. The summed E-state index contributed by atoms with van der Waals surface area (Å²) in [5, 5.41) is 6.15. The highest BCUT2D eigenvalue weighted by molar-refractivity contribution is 5.77. The summed E-state index contributed by atoms with van der Waals surface area (Å²) in [6.45, 7) is 2.31. The summed E-state index contributed by atoms with van der Waals surface area (Å²) in [6, 6.07) is 8.41. The molecule has 1 aromatic carbocycles. The Hall–Kier alpha value is -1.71. The first-order valence-corrected chi connectivity index (χ1v) is 7.43. The zero-order valence-electron chi connectivity index (χ0n) is 12.3. The smallest absolute Gasteiger partial charge is 0.257 e. The molecule has 2 rings (SSSR count). The van der Waals surface area contributed by atoms with Gasteiger partial charge < -0.3 is 15.4 Å². The number of benzene rings is 1. The first kappa shape index (κ1) is 14.7. The van der Waals surface area contributed by atoms with Crippen molar-refractivity contribution < 1.29 is 9.53 Å². The Bertz CT molecular complexity index is 448. The number of carbonyl (C=O) groups excluding carboxylic acids is 1. The molecular formula is C16H24N2O2. The van der Waals surface area contributed by atoms with Crippen LogP contribution in [0.3, 0.4) is 0 Å². The summed E-state index contributed by atoms with van der Waals surface area (Å²) in [4.78, 5) is 11.2. The zero-order valence-corrected chi connectivity index (χ0v) is 12.3. The van der Waals surface area contributed by atoms with Crippen LogP contribution >= 0.6 is 0 Å². The molecule has 0 saturated heterocycles. The van der Waals surface area contributed by atoms with Crippen molar-refractivity contribution in [1.82, 2.24) is 5.32 Å². The van der Waals surface area contributed by atoms with Crippen LogP contribution in [0, 0.1) is 5.92 Å². The number of likely N-dealkylation sites (N-methyl/N-ethyl adjacent to an activating group) is 1. The first-order chi connectivity index (χ1) is 9.72. The third-order valence-corrected chi connectivity index (χ3v) is 4.02. The van der Waals surface area contributed by atoms with Crippen LogP contribution in [0.25, 0.3) is 0 Å². The zero-order chi connectivity index (χ0) is 14.4. The van der Waals surface area contributed by atoms with Crippen molar-refractivity contribution in [3.05, 3.63) is 24.3 Å². The van der Waals surface area contributed by atoms with Gasteiger partial charge in [-0.05, 0) is 30.9 Å². The van der Waals surface area contributed by atoms with E-state index in [9.17, 15) is 4.79 Å². The van der Waals surface area contributed by atoms with Crippen LogP contribution in [0.2, 0.25) is 0 Å². The van der Waals surface area contributed by atoms with Gasteiger partial charge in [0.25, 0.3) is 5.91 Å². The van der Waals surface area contributed by atoms with E-state index in [0.717, 1.165) is 17.4 Å². The van der Waals surface area contributed by atoms with Gasteiger partial charge in [-0.15, -0.1) is 0 Å². The van der Waals surface area contributed by atoms with Gasteiger partial charge in [0.1, 0.15) is 5.75 Å². The third kappa shape index (κ3) is 3.89. The number of ether oxygens (including phenoxy) is 1. The number of hydrogen-bond donors (Lipinski definition) is 2. The normalized spacial score (nSPS) is 21.5. The number of carbonyl (C=O) groups is 1. The van der Waals surface area contributed by atoms with E-state index in [4.69, 9.17) is 4.74 Å².